The molecule has 7 aliphatic heterocycles. The van der Waals surface area contributed by atoms with Crippen molar-refractivity contribution in [3.8, 4) is 0 Å². The molecule has 76 heteroatoms. The minimum Gasteiger partial charge on any atom is -0.467 e. The molecule has 125 heavy (non-hydrogen) atoms. The van der Waals surface area contributed by atoms with Gasteiger partial charge in [-0.25, -0.2) is 68.7 Å². The summed E-state index contributed by atoms with van der Waals surface area (Å²) in [5, 5.41) is 0. The highest BCUT2D eigenvalue weighted by Gasteiger charge is 2.60. The van der Waals surface area contributed by atoms with Gasteiger partial charge in [0.1, 0.15) is 33.0 Å². The van der Waals surface area contributed by atoms with Crippen LogP contribution in [-0.4, -0.2) is 362 Å². The fourth-order valence-corrected chi connectivity index (χ4v) is 27.2. The van der Waals surface area contributed by atoms with Crippen LogP contribution in [0.2, 0.25) is 0 Å². The van der Waals surface area contributed by atoms with Gasteiger partial charge in [0.25, 0.3) is 101 Å². The topological polar surface area (TPSA) is 844 Å². The first-order valence-corrected chi connectivity index (χ1v) is 52.8. The van der Waals surface area contributed by atoms with Crippen LogP contribution in [0.1, 0.15) is 61.3 Å². The molecule has 7 fully saturated rings. The molecule has 7 aliphatic rings. The van der Waals surface area contributed by atoms with E-state index in [1.54, 1.807) is 0 Å². The summed E-state index contributed by atoms with van der Waals surface area (Å²) in [5.41, 5.74) is 0. The van der Waals surface area contributed by atoms with Crippen molar-refractivity contribution >= 4 is 195 Å². The van der Waals surface area contributed by atoms with Crippen LogP contribution < -0.4 is 0 Å². The molecule has 7 saturated heterocycles. The number of esters is 9. The third-order valence-electron chi connectivity index (χ3n) is 14.7. The van der Waals surface area contributed by atoms with Gasteiger partial charge in [-0.1, -0.05) is 13.8 Å². The van der Waals surface area contributed by atoms with Gasteiger partial charge in [-0.3, -0.25) is 41.8 Å². The molecular formula is C49H78F2O60S14. The zero-order chi connectivity index (χ0) is 98.0. The van der Waals surface area contributed by atoms with E-state index < -0.39 is 328 Å². The number of rotatable bonds is 12. The molecule has 0 radical (unpaired) electrons. The Morgan fingerprint density at radius 2 is 0.512 bits per heavy atom. The average molecular weight is 2110 g/mol. The first-order valence-electron chi connectivity index (χ1n) is 32.3. The lowest BCUT2D eigenvalue weighted by atomic mass is 10.2. The second-order valence-electron chi connectivity index (χ2n) is 23.7. The third kappa shape index (κ3) is 30.7. The van der Waals surface area contributed by atoms with Gasteiger partial charge in [0.2, 0.25) is 41.7 Å². The summed E-state index contributed by atoms with van der Waals surface area (Å²) < 4.78 is 437. The number of halogens is 2. The standard InChI is InChI=1S/2C9H14O10S2.2C7H12O8S2.C6H9FO8S2.C6H10O8S2.C5H7FO8S2/c1-9(2)20(12,13)18-5(7(10)16-3)6(8(11)17-4)19-21(9,14)15;1-4-5-20(12,13)18-6(8(10)16-2)7(9(11)17-3)19-21(5,14)15;1-7(2)16(9,10)14-4-5(6(8)13-3)15-17(7,11)12;1-3-6-16(9,10)14-4-5(7(8)13-2)15-17(6,11)12;1-2-13-5(8)4-3-14-16(9,10)6(7)17(11,12)15-4;1-12-6(7)5-4-13-15(8,9)2-3-16(10,11)14-5;1-12-4(7)3-2-13-15(8,9)5(6)16(10,11)14-3/h5-6H,1-4H3;5-7H,4H2,1-3H3;5H,4H2,1-3H3;5-6H,3-4H2,1-2H3;4,6H,2-3H2,1H3;5H,2-4H2,1H3;3,5H,2H2,1H3. The van der Waals surface area contributed by atoms with E-state index >= 15 is 0 Å². The number of hydrogen-bond donors (Lipinski definition) is 0. The summed E-state index contributed by atoms with van der Waals surface area (Å²) >= 11 is 0. The zero-order valence-electron chi connectivity index (χ0n) is 66.0. The van der Waals surface area contributed by atoms with Crippen LogP contribution in [-0.2, 0) is 286 Å². The fraction of sp³-hybridized carbons (Fsp3) is 0.816. The molecule has 0 aromatic carbocycles. The van der Waals surface area contributed by atoms with Gasteiger partial charge in [-0.2, -0.15) is 118 Å². The predicted octanol–water partition coefficient (Wildman–Crippen LogP) is -9.44. The van der Waals surface area contributed by atoms with Crippen molar-refractivity contribution in [3.05, 3.63) is 0 Å². The van der Waals surface area contributed by atoms with Gasteiger partial charge in [-0.05, 0) is 47.5 Å². The summed E-state index contributed by atoms with van der Waals surface area (Å²) in [6, 6.07) is 0. The lowest BCUT2D eigenvalue weighted by Gasteiger charge is -2.19. The molecule has 0 spiro atoms. The van der Waals surface area contributed by atoms with Crippen molar-refractivity contribution in [2.75, 3.05) is 108 Å². The van der Waals surface area contributed by atoms with Crippen molar-refractivity contribution in [1.82, 2.24) is 0 Å². The SMILES string of the molecule is CCC1S(=O)(=O)OC(C(=O)OC)C(C(=O)OC)OS1(=O)=O.CCC1S(=O)(=O)OCC(C(=O)OC)OS1(=O)=O.CCOC(=O)C1COS(=O)(=O)C(F)S(=O)(=O)O1.COC(=O)C1COS(=O)(=O)C(C)(C)S(=O)(=O)O1.COC(=O)C1COS(=O)(=O)C(F)S(=O)(=O)O1.COC(=O)C1COS(=O)(=O)CCS(=O)(=O)O1.COC(=O)C1OS(=O)(=O)C(C)(C)S(=O)(=O)OC1C(=O)OC. The van der Waals surface area contributed by atoms with Crippen LogP contribution in [0.15, 0.2) is 0 Å². The maximum absolute atomic E-state index is 13.0. The lowest BCUT2D eigenvalue weighted by Crippen LogP contribution is -2.44. The third-order valence-corrected chi connectivity index (χ3v) is 41.7. The predicted molar refractivity (Wildman–Crippen MR) is 387 cm³/mol. The van der Waals surface area contributed by atoms with Crippen molar-refractivity contribution in [1.29, 1.82) is 0 Å². The lowest BCUT2D eigenvalue weighted by molar-refractivity contribution is -0.164. The Kier molecular flexibility index (Phi) is 42.2. The molecule has 0 aromatic heterocycles. The smallest absolute Gasteiger partial charge is 0.349 e. The number of carbonyl (C=O) groups is 9. The molecule has 0 aromatic rings. The Labute approximate surface area is 712 Å². The average Bonchev–Trinajstić information content (AvgIpc) is 1.59. The van der Waals surface area contributed by atoms with Gasteiger partial charge in [0, 0.05) is 0 Å². The molecule has 60 nitrogen and oxygen atoms in total. The van der Waals surface area contributed by atoms with E-state index in [1.165, 1.54) is 20.8 Å². The van der Waals surface area contributed by atoms with Crippen LogP contribution in [0.25, 0.3) is 0 Å². The van der Waals surface area contributed by atoms with Crippen molar-refractivity contribution in [2.45, 2.75) is 143 Å². The summed E-state index contributed by atoms with van der Waals surface area (Å²) in [4.78, 5) is 94.8. The van der Waals surface area contributed by atoms with Crippen LogP contribution in [0, 0.1) is 0 Å². The molecular weight excluding hydrogens is 2040 g/mol. The monoisotopic (exact) mass is 2110 g/mol. The van der Waals surface area contributed by atoms with Gasteiger partial charge >= 0.3 is 104 Å². The molecule has 0 saturated carbocycles. The normalized spacial score (nSPS) is 30.7. The highest BCUT2D eigenvalue weighted by Crippen LogP contribution is 2.36. The van der Waals surface area contributed by atoms with Crippen LogP contribution in [0.3, 0.4) is 0 Å². The Hall–Kier alpha value is -6.17. The molecule has 7 heterocycles. The van der Waals surface area contributed by atoms with Gasteiger partial charge < -0.3 is 42.6 Å². The number of hydrogen-bond acceptors (Lipinski definition) is 60. The summed E-state index contributed by atoms with van der Waals surface area (Å²) in [7, 11) is -57.3. The van der Waals surface area contributed by atoms with E-state index in [1.807, 2.05) is 0 Å². The quantitative estimate of drug-likeness (QED) is 0.0994. The number of methoxy groups -OCH3 is 8. The largest absolute Gasteiger partial charge is 0.467 e. The van der Waals surface area contributed by atoms with E-state index in [9.17, 15) is 170 Å². The molecule has 12 atom stereocenters. The summed E-state index contributed by atoms with van der Waals surface area (Å²) in [5.74, 6) is -12.0. The molecule has 0 bridgehead atoms. The highest BCUT2D eigenvalue weighted by atomic mass is 32.3. The Morgan fingerprint density at radius 1 is 0.272 bits per heavy atom. The molecule has 7 rings (SSSR count). The van der Waals surface area contributed by atoms with Crippen LogP contribution in [0.4, 0.5) is 8.78 Å². The number of ether oxygens (including phenoxy) is 9. The minimum absolute atomic E-state index is 0.0788. The Morgan fingerprint density at radius 3 is 0.832 bits per heavy atom. The van der Waals surface area contributed by atoms with E-state index in [2.05, 4.69) is 101 Å². The van der Waals surface area contributed by atoms with Crippen molar-refractivity contribution in [3.63, 3.8) is 0 Å². The summed E-state index contributed by atoms with van der Waals surface area (Å²) in [6.07, 6.45) is -17.6. The van der Waals surface area contributed by atoms with Crippen LogP contribution >= 0.6 is 0 Å². The summed E-state index contributed by atoms with van der Waals surface area (Å²) in [6.45, 7) is 3.31. The van der Waals surface area contributed by atoms with Crippen LogP contribution in [0.5, 0.6) is 0 Å². The molecule has 12 unspecified atom stereocenters. The van der Waals surface area contributed by atoms with Gasteiger partial charge in [0.05, 0.1) is 75.0 Å². The minimum atomic E-state index is -5.10. The zero-order valence-corrected chi connectivity index (χ0v) is 77.5. The van der Waals surface area contributed by atoms with Gasteiger partial charge in [-0.15, -0.1) is 0 Å². The molecule has 0 aliphatic carbocycles. The molecule has 0 amide bonds. The first-order chi connectivity index (χ1) is 56.5. The second-order valence-corrected chi connectivity index (χ2v) is 50.9. The van der Waals surface area contributed by atoms with E-state index in [-0.39, 0.29) is 13.0 Å². The maximum atomic E-state index is 13.0. The number of alkyl halides is 2. The second kappa shape index (κ2) is 45.1. The molecule has 0 N–H and O–H groups in total. The number of carbonyl (C=O) groups excluding carboxylic acids is 9. The van der Waals surface area contributed by atoms with E-state index in [0.29, 0.717) is 0 Å². The molecule has 732 valence electrons. The van der Waals surface area contributed by atoms with Crippen molar-refractivity contribution in [2.24, 2.45) is 0 Å². The highest BCUT2D eigenvalue weighted by molar-refractivity contribution is 8.07. The fourth-order valence-electron chi connectivity index (χ4n) is 7.82. The van der Waals surface area contributed by atoms with E-state index in [0.717, 1.165) is 84.6 Å². The van der Waals surface area contributed by atoms with Gasteiger partial charge in [0.15, 0.2) is 30.5 Å². The Balaban J connectivity index is 0.000000731. The maximum Gasteiger partial charge on any atom is 0.349 e. The van der Waals surface area contributed by atoms with Crippen molar-refractivity contribution < 1.29 is 271 Å². The first kappa shape index (κ1) is 117. The van der Waals surface area contributed by atoms with E-state index in [4.69, 9.17) is 0 Å². The Bertz CT molecular complexity index is 5530.